The predicted molar refractivity (Wildman–Crippen MR) is 96.0 cm³/mol. The van der Waals surface area contributed by atoms with Gasteiger partial charge in [-0.25, -0.2) is 9.07 Å². The molecule has 6 nitrogen and oxygen atoms in total. The number of carbonyl (C=O) groups excluding carboxylic acids is 1. The number of hydrogen-bond acceptors (Lipinski definition) is 4. The largest absolute Gasteiger partial charge is 0.343 e. The molecular formula is C20H22FN5O. The lowest BCUT2D eigenvalue weighted by Gasteiger charge is -2.29. The van der Waals surface area contributed by atoms with E-state index in [1.165, 1.54) is 24.6 Å². The zero-order valence-electron chi connectivity index (χ0n) is 15.1. The molecule has 27 heavy (non-hydrogen) atoms. The summed E-state index contributed by atoms with van der Waals surface area (Å²) in [6.45, 7) is 0. The summed E-state index contributed by atoms with van der Waals surface area (Å²) in [7, 11) is 0. The summed E-state index contributed by atoms with van der Waals surface area (Å²) in [4.78, 5) is 12.7. The van der Waals surface area contributed by atoms with Crippen LogP contribution in [0.5, 0.6) is 0 Å². The summed E-state index contributed by atoms with van der Waals surface area (Å²) < 4.78 is 15.1. The number of hydrogen-bond donors (Lipinski definition) is 1. The van der Waals surface area contributed by atoms with Crippen molar-refractivity contribution in [2.75, 3.05) is 0 Å². The first-order chi connectivity index (χ1) is 13.1. The van der Waals surface area contributed by atoms with Crippen molar-refractivity contribution >= 4 is 5.91 Å². The molecule has 1 atom stereocenters. The summed E-state index contributed by atoms with van der Waals surface area (Å²) in [5, 5.41) is 20.9. The van der Waals surface area contributed by atoms with E-state index in [-0.39, 0.29) is 17.9 Å². The Morgan fingerprint density at radius 1 is 1.33 bits per heavy atom. The van der Waals surface area contributed by atoms with E-state index in [1.54, 1.807) is 16.9 Å². The summed E-state index contributed by atoms with van der Waals surface area (Å²) in [6, 6.07) is 7.70. The van der Waals surface area contributed by atoms with Crippen LogP contribution >= 0.6 is 0 Å². The van der Waals surface area contributed by atoms with Crippen LogP contribution in [0.3, 0.4) is 0 Å². The van der Waals surface area contributed by atoms with Crippen LogP contribution in [0.4, 0.5) is 4.39 Å². The van der Waals surface area contributed by atoms with Crippen molar-refractivity contribution in [1.29, 1.82) is 5.26 Å². The molecule has 1 heterocycles. The van der Waals surface area contributed by atoms with E-state index in [1.807, 2.05) is 0 Å². The van der Waals surface area contributed by atoms with Gasteiger partial charge in [-0.2, -0.15) is 5.26 Å². The van der Waals surface area contributed by atoms with Crippen molar-refractivity contribution in [1.82, 2.24) is 20.3 Å². The van der Waals surface area contributed by atoms with E-state index in [0.29, 0.717) is 11.3 Å². The van der Waals surface area contributed by atoms with Crippen molar-refractivity contribution in [3.8, 4) is 6.07 Å². The van der Waals surface area contributed by atoms with Crippen LogP contribution in [-0.4, -0.2) is 20.9 Å². The maximum Gasteiger partial charge on any atom is 0.251 e. The summed E-state index contributed by atoms with van der Waals surface area (Å²) in [6.07, 6.45) is 8.79. The van der Waals surface area contributed by atoms with E-state index in [0.717, 1.165) is 38.5 Å². The number of nitriles is 1. The number of halogens is 1. The third-order valence-corrected chi connectivity index (χ3v) is 5.69. The maximum absolute atomic E-state index is 13.5. The number of rotatable bonds is 5. The van der Waals surface area contributed by atoms with Crippen LogP contribution in [0.1, 0.15) is 67.0 Å². The molecule has 0 radical (unpaired) electrons. The Labute approximate surface area is 157 Å². The molecule has 4 rings (SSSR count). The lowest BCUT2D eigenvalue weighted by atomic mass is 9.82. The third-order valence-electron chi connectivity index (χ3n) is 5.69. The molecule has 1 amide bonds. The fraction of sp³-hybridized carbons (Fsp3) is 0.500. The molecule has 0 spiro atoms. The topological polar surface area (TPSA) is 83.6 Å². The van der Waals surface area contributed by atoms with Crippen LogP contribution in [0.15, 0.2) is 30.5 Å². The molecule has 2 saturated carbocycles. The van der Waals surface area contributed by atoms with Crippen molar-refractivity contribution in [2.45, 2.75) is 56.5 Å². The van der Waals surface area contributed by atoms with Gasteiger partial charge in [-0.3, -0.25) is 4.79 Å². The zero-order valence-corrected chi connectivity index (χ0v) is 15.1. The van der Waals surface area contributed by atoms with Gasteiger partial charge in [0.05, 0.1) is 18.3 Å². The van der Waals surface area contributed by atoms with E-state index >= 15 is 0 Å². The van der Waals surface area contributed by atoms with Crippen LogP contribution < -0.4 is 5.32 Å². The third kappa shape index (κ3) is 3.57. The van der Waals surface area contributed by atoms with Gasteiger partial charge < -0.3 is 5.32 Å². The van der Waals surface area contributed by atoms with Gasteiger partial charge in [0.2, 0.25) is 0 Å². The highest BCUT2D eigenvalue weighted by molar-refractivity contribution is 5.94. The van der Waals surface area contributed by atoms with Crippen LogP contribution in [0, 0.1) is 23.1 Å². The molecule has 1 N–H and O–H groups in total. The first-order valence-corrected chi connectivity index (χ1v) is 9.52. The highest BCUT2D eigenvalue weighted by Crippen LogP contribution is 2.42. The van der Waals surface area contributed by atoms with Gasteiger partial charge in [0, 0.05) is 5.56 Å². The highest BCUT2D eigenvalue weighted by atomic mass is 19.1. The van der Waals surface area contributed by atoms with Gasteiger partial charge in [-0.15, -0.1) is 5.10 Å². The van der Waals surface area contributed by atoms with Crippen molar-refractivity contribution in [3.05, 3.63) is 47.5 Å². The summed E-state index contributed by atoms with van der Waals surface area (Å²) >= 11 is 0. The fourth-order valence-corrected chi connectivity index (χ4v) is 3.89. The average Bonchev–Trinajstić information content (AvgIpc) is 3.35. The normalized spacial score (nSPS) is 19.9. The molecule has 2 aromatic rings. The van der Waals surface area contributed by atoms with Gasteiger partial charge in [-0.1, -0.05) is 30.5 Å². The smallest absolute Gasteiger partial charge is 0.251 e. The summed E-state index contributed by atoms with van der Waals surface area (Å²) in [5.41, 5.74) is 0.390. The molecule has 2 aliphatic carbocycles. The monoisotopic (exact) mass is 367 g/mol. The second kappa shape index (κ2) is 7.10. The molecule has 2 fully saturated rings. The number of carbonyl (C=O) groups is 1. The lowest BCUT2D eigenvalue weighted by Crippen LogP contribution is -2.34. The quantitative estimate of drug-likeness (QED) is 0.877. The lowest BCUT2D eigenvalue weighted by molar-refractivity contribution is 0.0910. The van der Waals surface area contributed by atoms with Gasteiger partial charge in [0.1, 0.15) is 11.5 Å². The number of nitrogens with one attached hydrogen (secondary N) is 1. The first kappa shape index (κ1) is 17.7. The summed E-state index contributed by atoms with van der Waals surface area (Å²) in [5.74, 6) is -0.493. The minimum atomic E-state index is -0.574. The second-order valence-electron chi connectivity index (χ2n) is 7.59. The molecule has 7 heteroatoms. The molecule has 1 unspecified atom stereocenters. The van der Waals surface area contributed by atoms with E-state index < -0.39 is 11.4 Å². The Kier molecular flexibility index (Phi) is 4.65. The van der Waals surface area contributed by atoms with Crippen molar-refractivity contribution in [2.24, 2.45) is 5.92 Å². The van der Waals surface area contributed by atoms with Crippen LogP contribution in [0.25, 0.3) is 0 Å². The van der Waals surface area contributed by atoms with Gasteiger partial charge in [0.15, 0.2) is 5.54 Å². The van der Waals surface area contributed by atoms with Gasteiger partial charge in [0.25, 0.3) is 5.91 Å². The minimum absolute atomic E-state index is 0.263. The van der Waals surface area contributed by atoms with Crippen LogP contribution in [-0.2, 0) is 5.54 Å². The van der Waals surface area contributed by atoms with Crippen molar-refractivity contribution < 1.29 is 9.18 Å². The SMILES string of the molecule is N#CC1(n2cc(C(NC(=O)c3cccc(F)c3)C3CCCCC3)nn2)CC1. The molecule has 0 bridgehead atoms. The van der Waals surface area contributed by atoms with E-state index in [9.17, 15) is 14.4 Å². The molecule has 1 aromatic heterocycles. The standard InChI is InChI=1S/C20H22FN5O/c21-16-8-4-7-15(11-16)19(27)23-18(14-5-2-1-3-6-14)17-12-26(25-24-17)20(13-22)9-10-20/h4,7-8,11-12,14,18H,1-3,5-6,9-10H2,(H,23,27). The number of amides is 1. The predicted octanol–water partition coefficient (Wildman–Crippen LogP) is 3.48. The molecule has 140 valence electrons. The number of benzene rings is 1. The van der Waals surface area contributed by atoms with Gasteiger partial charge >= 0.3 is 0 Å². The number of nitrogens with zero attached hydrogens (tertiary/aromatic N) is 4. The average molecular weight is 367 g/mol. The maximum atomic E-state index is 13.5. The van der Waals surface area contributed by atoms with Crippen LogP contribution in [0.2, 0.25) is 0 Å². The van der Waals surface area contributed by atoms with Gasteiger partial charge in [-0.05, 0) is 49.8 Å². The Morgan fingerprint density at radius 3 is 2.78 bits per heavy atom. The Morgan fingerprint density at radius 2 is 2.11 bits per heavy atom. The van der Waals surface area contributed by atoms with Crippen molar-refractivity contribution in [3.63, 3.8) is 0 Å². The molecule has 2 aliphatic rings. The molecule has 1 aromatic carbocycles. The first-order valence-electron chi connectivity index (χ1n) is 9.52. The second-order valence-corrected chi connectivity index (χ2v) is 7.59. The van der Waals surface area contributed by atoms with E-state index in [2.05, 4.69) is 21.7 Å². The highest BCUT2D eigenvalue weighted by Gasteiger charge is 2.47. The minimum Gasteiger partial charge on any atom is -0.343 e. The molecular weight excluding hydrogens is 345 g/mol. The fourth-order valence-electron chi connectivity index (χ4n) is 3.89. The zero-order chi connectivity index (χ0) is 18.9. The Bertz CT molecular complexity index is 876. The molecule has 0 saturated heterocycles. The number of aromatic nitrogens is 3. The van der Waals surface area contributed by atoms with E-state index in [4.69, 9.17) is 0 Å². The Hall–Kier alpha value is -2.75. The molecule has 0 aliphatic heterocycles. The Balaban J connectivity index is 1.59.